The molecule has 0 spiro atoms. The van der Waals surface area contributed by atoms with Crippen molar-refractivity contribution in [1.29, 1.82) is 0 Å². The number of carbonyl (C=O) groups excluding carboxylic acids is 3. The fourth-order valence-electron chi connectivity index (χ4n) is 1.59. The van der Waals surface area contributed by atoms with E-state index in [9.17, 15) is 14.4 Å². The highest BCUT2D eigenvalue weighted by Gasteiger charge is 2.34. The van der Waals surface area contributed by atoms with Crippen LogP contribution in [0.15, 0.2) is 0 Å². The maximum atomic E-state index is 11.6. The van der Waals surface area contributed by atoms with E-state index in [1.54, 1.807) is 20.9 Å². The van der Waals surface area contributed by atoms with Gasteiger partial charge in [-0.2, -0.15) is 0 Å². The van der Waals surface area contributed by atoms with Gasteiger partial charge in [-0.15, -0.1) is 0 Å². The van der Waals surface area contributed by atoms with E-state index in [1.165, 1.54) is 9.80 Å². The van der Waals surface area contributed by atoms with E-state index in [-0.39, 0.29) is 5.78 Å². The molecule has 15 heavy (non-hydrogen) atoms. The van der Waals surface area contributed by atoms with Gasteiger partial charge < -0.3 is 9.80 Å². The van der Waals surface area contributed by atoms with Crippen LogP contribution in [0.25, 0.3) is 0 Å². The number of piperazine rings is 1. The first-order valence-electron chi connectivity index (χ1n) is 5.07. The summed E-state index contributed by atoms with van der Waals surface area (Å²) in [6.07, 6.45) is 0.384. The van der Waals surface area contributed by atoms with E-state index in [0.29, 0.717) is 19.5 Å². The summed E-state index contributed by atoms with van der Waals surface area (Å²) in [5.41, 5.74) is 0. The minimum Gasteiger partial charge on any atom is -0.336 e. The molecule has 0 N–H and O–H groups in total. The van der Waals surface area contributed by atoms with Gasteiger partial charge in [0.25, 0.3) is 0 Å². The summed E-state index contributed by atoms with van der Waals surface area (Å²) in [7, 11) is 1.59. The van der Waals surface area contributed by atoms with E-state index in [4.69, 9.17) is 0 Å². The monoisotopic (exact) mass is 212 g/mol. The fraction of sp³-hybridized carbons (Fsp3) is 0.700. The van der Waals surface area contributed by atoms with Crippen molar-refractivity contribution in [1.82, 2.24) is 9.80 Å². The van der Waals surface area contributed by atoms with Gasteiger partial charge in [-0.05, 0) is 6.92 Å². The second kappa shape index (κ2) is 4.42. The standard InChI is InChI=1S/C10H16N2O3/c1-4-8(13)7(2)12-6-5-11(3)9(14)10(12)15/h7H,4-6H2,1-3H3. The Hall–Kier alpha value is -1.39. The third kappa shape index (κ3) is 2.16. The zero-order valence-corrected chi connectivity index (χ0v) is 9.32. The van der Waals surface area contributed by atoms with Gasteiger partial charge in [0, 0.05) is 26.6 Å². The Morgan fingerprint density at radius 1 is 1.33 bits per heavy atom. The Bertz CT molecular complexity index is 301. The third-order valence-corrected chi connectivity index (χ3v) is 2.75. The summed E-state index contributed by atoms with van der Waals surface area (Å²) in [4.78, 5) is 37.1. The molecule has 0 bridgehead atoms. The van der Waals surface area contributed by atoms with Crippen molar-refractivity contribution in [2.24, 2.45) is 0 Å². The van der Waals surface area contributed by atoms with E-state index in [0.717, 1.165) is 0 Å². The van der Waals surface area contributed by atoms with Crippen LogP contribution in [0.2, 0.25) is 0 Å². The lowest BCUT2D eigenvalue weighted by Crippen LogP contribution is -2.57. The van der Waals surface area contributed by atoms with Gasteiger partial charge in [-0.1, -0.05) is 6.92 Å². The molecular formula is C10H16N2O3. The highest BCUT2D eigenvalue weighted by Crippen LogP contribution is 2.09. The lowest BCUT2D eigenvalue weighted by Gasteiger charge is -2.34. The van der Waals surface area contributed by atoms with Gasteiger partial charge in [0.2, 0.25) is 0 Å². The molecule has 5 heteroatoms. The maximum Gasteiger partial charge on any atom is 0.312 e. The number of hydrogen-bond donors (Lipinski definition) is 0. The van der Waals surface area contributed by atoms with Crippen LogP contribution in [-0.2, 0) is 14.4 Å². The van der Waals surface area contributed by atoms with Crippen molar-refractivity contribution in [3.63, 3.8) is 0 Å². The topological polar surface area (TPSA) is 57.7 Å². The normalized spacial score (nSPS) is 19.4. The molecule has 1 aliphatic heterocycles. The second-order valence-electron chi connectivity index (χ2n) is 3.72. The number of Topliss-reactive ketones (excluding diaryl/α,β-unsaturated/α-hetero) is 1. The largest absolute Gasteiger partial charge is 0.336 e. The fourth-order valence-corrected chi connectivity index (χ4v) is 1.59. The van der Waals surface area contributed by atoms with Crippen molar-refractivity contribution in [2.45, 2.75) is 26.3 Å². The molecule has 0 aromatic rings. The smallest absolute Gasteiger partial charge is 0.312 e. The van der Waals surface area contributed by atoms with Crippen LogP contribution in [0.5, 0.6) is 0 Å². The minimum absolute atomic E-state index is 0.0132. The van der Waals surface area contributed by atoms with E-state index >= 15 is 0 Å². The number of hydrogen-bond acceptors (Lipinski definition) is 3. The average molecular weight is 212 g/mol. The molecular weight excluding hydrogens is 196 g/mol. The molecule has 1 fully saturated rings. The van der Waals surface area contributed by atoms with Gasteiger partial charge in [-0.3, -0.25) is 14.4 Å². The SMILES string of the molecule is CCC(=O)C(C)N1CCN(C)C(=O)C1=O. The summed E-state index contributed by atoms with van der Waals surface area (Å²) < 4.78 is 0. The molecule has 0 radical (unpaired) electrons. The van der Waals surface area contributed by atoms with Crippen molar-refractivity contribution in [2.75, 3.05) is 20.1 Å². The molecule has 1 aliphatic rings. The molecule has 0 saturated carbocycles. The Morgan fingerprint density at radius 3 is 2.47 bits per heavy atom. The van der Waals surface area contributed by atoms with E-state index in [2.05, 4.69) is 0 Å². The van der Waals surface area contributed by atoms with Crippen LogP contribution in [0.4, 0.5) is 0 Å². The van der Waals surface area contributed by atoms with Crippen LogP contribution in [0, 0.1) is 0 Å². The van der Waals surface area contributed by atoms with E-state index < -0.39 is 17.9 Å². The van der Waals surface area contributed by atoms with Crippen LogP contribution < -0.4 is 0 Å². The molecule has 1 unspecified atom stereocenters. The number of amides is 2. The molecule has 1 atom stereocenters. The van der Waals surface area contributed by atoms with Gasteiger partial charge in [-0.25, -0.2) is 0 Å². The predicted octanol–water partition coefficient (Wildman–Crippen LogP) is -0.345. The van der Waals surface area contributed by atoms with Crippen LogP contribution in [0.3, 0.4) is 0 Å². The van der Waals surface area contributed by atoms with Crippen molar-refractivity contribution in [3.05, 3.63) is 0 Å². The first kappa shape index (κ1) is 11.7. The molecule has 0 aliphatic carbocycles. The highest BCUT2D eigenvalue weighted by atomic mass is 16.2. The van der Waals surface area contributed by atoms with E-state index in [1.807, 2.05) is 0 Å². The quantitative estimate of drug-likeness (QED) is 0.601. The highest BCUT2D eigenvalue weighted by molar-refractivity contribution is 6.35. The van der Waals surface area contributed by atoms with Crippen LogP contribution in [-0.4, -0.2) is 53.6 Å². The molecule has 5 nitrogen and oxygen atoms in total. The summed E-state index contributed by atoms with van der Waals surface area (Å²) in [5.74, 6) is -1.12. The average Bonchev–Trinajstić information content (AvgIpc) is 2.24. The van der Waals surface area contributed by atoms with Crippen molar-refractivity contribution < 1.29 is 14.4 Å². The lowest BCUT2D eigenvalue weighted by molar-refractivity contribution is -0.157. The number of likely N-dealkylation sites (N-methyl/N-ethyl adjacent to an activating group) is 1. The molecule has 1 rings (SSSR count). The number of nitrogens with zero attached hydrogens (tertiary/aromatic N) is 2. The minimum atomic E-state index is -0.571. The molecule has 1 saturated heterocycles. The number of carbonyl (C=O) groups is 3. The Kier molecular flexibility index (Phi) is 3.44. The molecule has 1 heterocycles. The van der Waals surface area contributed by atoms with Crippen LogP contribution in [0.1, 0.15) is 20.3 Å². The molecule has 0 aromatic heterocycles. The predicted molar refractivity (Wildman–Crippen MR) is 54.1 cm³/mol. The maximum absolute atomic E-state index is 11.6. The van der Waals surface area contributed by atoms with Gasteiger partial charge in [0.15, 0.2) is 5.78 Å². The zero-order chi connectivity index (χ0) is 11.6. The van der Waals surface area contributed by atoms with Crippen molar-refractivity contribution in [3.8, 4) is 0 Å². The Balaban J connectivity index is 2.76. The second-order valence-corrected chi connectivity index (χ2v) is 3.72. The first-order valence-corrected chi connectivity index (χ1v) is 5.07. The summed E-state index contributed by atoms with van der Waals surface area (Å²) >= 11 is 0. The third-order valence-electron chi connectivity index (χ3n) is 2.75. The summed E-state index contributed by atoms with van der Waals surface area (Å²) in [6, 6.07) is -0.486. The number of rotatable bonds is 3. The molecule has 0 aromatic carbocycles. The Morgan fingerprint density at radius 2 is 1.93 bits per heavy atom. The van der Waals surface area contributed by atoms with Gasteiger partial charge >= 0.3 is 11.8 Å². The molecule has 2 amide bonds. The van der Waals surface area contributed by atoms with Gasteiger partial charge in [0.1, 0.15) is 0 Å². The van der Waals surface area contributed by atoms with Gasteiger partial charge in [0.05, 0.1) is 6.04 Å². The lowest BCUT2D eigenvalue weighted by atomic mass is 10.1. The number of ketones is 1. The van der Waals surface area contributed by atoms with Crippen molar-refractivity contribution >= 4 is 17.6 Å². The molecule has 84 valence electrons. The zero-order valence-electron chi connectivity index (χ0n) is 9.32. The van der Waals surface area contributed by atoms with Crippen LogP contribution >= 0.6 is 0 Å². The Labute approximate surface area is 89.0 Å². The summed E-state index contributed by atoms with van der Waals surface area (Å²) in [5, 5.41) is 0. The first-order chi connectivity index (χ1) is 6.99. The summed E-state index contributed by atoms with van der Waals surface area (Å²) in [6.45, 7) is 4.35.